The van der Waals surface area contributed by atoms with E-state index >= 15 is 0 Å². The van der Waals surface area contributed by atoms with Crippen molar-refractivity contribution in [1.29, 1.82) is 0 Å². The predicted molar refractivity (Wildman–Crippen MR) is 113 cm³/mol. The summed E-state index contributed by atoms with van der Waals surface area (Å²) in [5.41, 5.74) is 5.92. The van der Waals surface area contributed by atoms with E-state index in [2.05, 4.69) is 78.8 Å². The number of anilines is 2. The smallest absolute Gasteiger partial charge is 0.171 e. The summed E-state index contributed by atoms with van der Waals surface area (Å²) in [6.45, 7) is 9.81. The van der Waals surface area contributed by atoms with Crippen LogP contribution in [-0.2, 0) is 4.74 Å². The van der Waals surface area contributed by atoms with E-state index in [9.17, 15) is 0 Å². The minimum atomic E-state index is 0.138. The molecule has 5 heteroatoms. The lowest BCUT2D eigenvalue weighted by molar-refractivity contribution is 0.122. The van der Waals surface area contributed by atoms with Crippen molar-refractivity contribution in [2.45, 2.75) is 26.8 Å². The summed E-state index contributed by atoms with van der Waals surface area (Å²) in [5, 5.41) is 7.33. The van der Waals surface area contributed by atoms with Crippen LogP contribution in [0.1, 0.15) is 29.7 Å². The van der Waals surface area contributed by atoms with Gasteiger partial charge < -0.3 is 20.3 Å². The van der Waals surface area contributed by atoms with E-state index in [1.807, 2.05) is 0 Å². The van der Waals surface area contributed by atoms with Gasteiger partial charge in [-0.2, -0.15) is 0 Å². The number of rotatable bonds is 4. The molecule has 1 saturated heterocycles. The molecule has 1 unspecified atom stereocenters. The Morgan fingerprint density at radius 3 is 2.46 bits per heavy atom. The largest absolute Gasteiger partial charge is 0.378 e. The van der Waals surface area contributed by atoms with Crippen molar-refractivity contribution in [2.75, 3.05) is 36.5 Å². The second-order valence-electron chi connectivity index (χ2n) is 6.83. The number of hydrogen-bond donors (Lipinski definition) is 2. The number of morpholine rings is 1. The molecule has 0 aliphatic carbocycles. The van der Waals surface area contributed by atoms with Crippen LogP contribution in [0.2, 0.25) is 0 Å². The number of benzene rings is 2. The quantitative estimate of drug-likeness (QED) is 0.791. The average Bonchev–Trinajstić information content (AvgIpc) is 2.65. The molecule has 26 heavy (non-hydrogen) atoms. The van der Waals surface area contributed by atoms with Gasteiger partial charge in [0.25, 0.3) is 0 Å². The Kier molecular flexibility index (Phi) is 6.12. The summed E-state index contributed by atoms with van der Waals surface area (Å²) in [4.78, 5) is 2.36. The Hall–Kier alpha value is -2.11. The third-order valence-electron chi connectivity index (χ3n) is 4.76. The van der Waals surface area contributed by atoms with Crippen molar-refractivity contribution in [2.24, 2.45) is 0 Å². The summed E-state index contributed by atoms with van der Waals surface area (Å²) in [7, 11) is 0. The first-order chi connectivity index (χ1) is 12.5. The second-order valence-corrected chi connectivity index (χ2v) is 7.24. The molecule has 2 N–H and O–H groups in total. The van der Waals surface area contributed by atoms with Crippen LogP contribution in [-0.4, -0.2) is 31.4 Å². The lowest BCUT2D eigenvalue weighted by Gasteiger charge is -2.29. The minimum Gasteiger partial charge on any atom is -0.378 e. The first-order valence-corrected chi connectivity index (χ1v) is 9.51. The fourth-order valence-electron chi connectivity index (χ4n) is 3.10. The fourth-order valence-corrected chi connectivity index (χ4v) is 3.39. The standard InChI is InChI=1S/C21H27N3OS/c1-15-4-5-16(2)20(14-15)23-21(26)22-17(3)18-6-8-19(9-7-18)24-10-12-25-13-11-24/h4-9,14,17H,10-13H2,1-3H3,(H2,22,23,26). The molecule has 1 atom stereocenters. The van der Waals surface area contributed by atoms with E-state index in [-0.39, 0.29) is 6.04 Å². The lowest BCUT2D eigenvalue weighted by atomic mass is 10.1. The van der Waals surface area contributed by atoms with Gasteiger partial charge in [-0.1, -0.05) is 24.3 Å². The van der Waals surface area contributed by atoms with E-state index in [1.54, 1.807) is 0 Å². The van der Waals surface area contributed by atoms with Crippen molar-refractivity contribution < 1.29 is 4.74 Å². The molecular formula is C21H27N3OS. The van der Waals surface area contributed by atoms with E-state index in [1.165, 1.54) is 22.4 Å². The zero-order valence-corrected chi connectivity index (χ0v) is 16.5. The molecule has 0 radical (unpaired) electrons. The molecule has 0 saturated carbocycles. The minimum absolute atomic E-state index is 0.138. The Bertz CT molecular complexity index is 754. The lowest BCUT2D eigenvalue weighted by Crippen LogP contribution is -2.36. The molecule has 138 valence electrons. The van der Waals surface area contributed by atoms with E-state index < -0.39 is 0 Å². The summed E-state index contributed by atoms with van der Waals surface area (Å²) in [6.07, 6.45) is 0. The van der Waals surface area contributed by atoms with Crippen LogP contribution in [0.4, 0.5) is 11.4 Å². The summed E-state index contributed by atoms with van der Waals surface area (Å²) in [6, 6.07) is 15.2. The molecule has 4 nitrogen and oxygen atoms in total. The van der Waals surface area contributed by atoms with Crippen LogP contribution in [0.25, 0.3) is 0 Å². The van der Waals surface area contributed by atoms with Crippen molar-refractivity contribution in [3.8, 4) is 0 Å². The highest BCUT2D eigenvalue weighted by Gasteiger charge is 2.12. The molecule has 2 aromatic rings. The molecule has 1 fully saturated rings. The number of ether oxygens (including phenoxy) is 1. The third-order valence-corrected chi connectivity index (χ3v) is 4.98. The first kappa shape index (κ1) is 18.7. The highest BCUT2D eigenvalue weighted by atomic mass is 32.1. The van der Waals surface area contributed by atoms with Crippen molar-refractivity contribution in [1.82, 2.24) is 5.32 Å². The predicted octanol–water partition coefficient (Wildman–Crippen LogP) is 4.19. The molecular weight excluding hydrogens is 342 g/mol. The number of hydrogen-bond acceptors (Lipinski definition) is 3. The first-order valence-electron chi connectivity index (χ1n) is 9.10. The van der Waals surface area contributed by atoms with Gasteiger partial charge in [0.15, 0.2) is 5.11 Å². The zero-order chi connectivity index (χ0) is 18.5. The van der Waals surface area contributed by atoms with Gasteiger partial charge in [-0.05, 0) is 67.9 Å². The van der Waals surface area contributed by atoms with Gasteiger partial charge in [0.1, 0.15) is 0 Å². The van der Waals surface area contributed by atoms with Crippen molar-refractivity contribution in [3.63, 3.8) is 0 Å². The van der Waals surface area contributed by atoms with E-state index in [4.69, 9.17) is 17.0 Å². The van der Waals surface area contributed by atoms with Gasteiger partial charge in [-0.25, -0.2) is 0 Å². The Labute approximate surface area is 161 Å². The maximum absolute atomic E-state index is 5.50. The van der Waals surface area contributed by atoms with Gasteiger partial charge in [0, 0.05) is 24.5 Å². The monoisotopic (exact) mass is 369 g/mol. The normalized spacial score (nSPS) is 15.4. The van der Waals surface area contributed by atoms with Crippen LogP contribution >= 0.6 is 12.2 Å². The third kappa shape index (κ3) is 4.74. The summed E-state index contributed by atoms with van der Waals surface area (Å²) >= 11 is 5.50. The van der Waals surface area contributed by atoms with Crippen LogP contribution < -0.4 is 15.5 Å². The number of nitrogens with zero attached hydrogens (tertiary/aromatic N) is 1. The molecule has 0 amide bonds. The van der Waals surface area contributed by atoms with Gasteiger partial charge >= 0.3 is 0 Å². The van der Waals surface area contributed by atoms with Crippen LogP contribution in [0.5, 0.6) is 0 Å². The van der Waals surface area contributed by atoms with E-state index in [0.717, 1.165) is 32.0 Å². The van der Waals surface area contributed by atoms with Crippen molar-refractivity contribution >= 4 is 28.7 Å². The van der Waals surface area contributed by atoms with Gasteiger partial charge in [-0.3, -0.25) is 0 Å². The summed E-state index contributed by atoms with van der Waals surface area (Å²) in [5.74, 6) is 0. The maximum atomic E-state index is 5.50. The average molecular weight is 370 g/mol. The highest BCUT2D eigenvalue weighted by molar-refractivity contribution is 7.80. The van der Waals surface area contributed by atoms with Gasteiger partial charge in [-0.15, -0.1) is 0 Å². The second kappa shape index (κ2) is 8.52. The van der Waals surface area contributed by atoms with Gasteiger partial charge in [0.05, 0.1) is 19.3 Å². The number of aryl methyl sites for hydroxylation is 2. The molecule has 1 aliphatic rings. The zero-order valence-electron chi connectivity index (χ0n) is 15.7. The summed E-state index contributed by atoms with van der Waals surface area (Å²) < 4.78 is 5.42. The topological polar surface area (TPSA) is 36.5 Å². The molecule has 2 aromatic carbocycles. The fraction of sp³-hybridized carbons (Fsp3) is 0.381. The molecule has 3 rings (SSSR count). The molecule has 0 spiro atoms. The van der Waals surface area contributed by atoms with Gasteiger partial charge in [0.2, 0.25) is 0 Å². The van der Waals surface area contributed by atoms with Crippen molar-refractivity contribution in [3.05, 3.63) is 59.2 Å². The molecule has 1 heterocycles. The van der Waals surface area contributed by atoms with Crippen LogP contribution in [0.15, 0.2) is 42.5 Å². The van der Waals surface area contributed by atoms with E-state index in [0.29, 0.717) is 5.11 Å². The Morgan fingerprint density at radius 1 is 1.08 bits per heavy atom. The number of thiocarbonyl (C=S) groups is 1. The maximum Gasteiger partial charge on any atom is 0.171 e. The number of nitrogens with one attached hydrogen (secondary N) is 2. The van der Waals surface area contributed by atoms with Crippen LogP contribution in [0.3, 0.4) is 0 Å². The van der Waals surface area contributed by atoms with Crippen LogP contribution in [0, 0.1) is 13.8 Å². The Morgan fingerprint density at radius 2 is 1.77 bits per heavy atom. The highest BCUT2D eigenvalue weighted by Crippen LogP contribution is 2.21. The SMILES string of the molecule is Cc1ccc(C)c(NC(=S)NC(C)c2ccc(N3CCOCC3)cc2)c1. The Balaban J connectivity index is 1.59. The molecule has 0 aromatic heterocycles. The molecule has 1 aliphatic heterocycles. The molecule has 0 bridgehead atoms.